The van der Waals surface area contributed by atoms with Crippen LogP contribution in [-0.2, 0) is 4.74 Å². The summed E-state index contributed by atoms with van der Waals surface area (Å²) in [6.45, 7) is 5.75. The Hall–Kier alpha value is -0.0400. The van der Waals surface area contributed by atoms with Crippen LogP contribution < -0.4 is 5.73 Å². The van der Waals surface area contributed by atoms with E-state index in [2.05, 4.69) is 23.7 Å². The van der Waals surface area contributed by atoms with Gasteiger partial charge in [0.15, 0.2) is 5.96 Å². The minimum absolute atomic E-state index is 0. The van der Waals surface area contributed by atoms with Crippen LogP contribution in [0.25, 0.3) is 0 Å². The maximum Gasteiger partial charge on any atom is 0.191 e. The van der Waals surface area contributed by atoms with Gasteiger partial charge in [0.2, 0.25) is 0 Å². The summed E-state index contributed by atoms with van der Waals surface area (Å²) >= 11 is 0. The summed E-state index contributed by atoms with van der Waals surface area (Å²) in [6.07, 6.45) is 4.95. The van der Waals surface area contributed by atoms with Crippen molar-refractivity contribution >= 4 is 29.9 Å². The van der Waals surface area contributed by atoms with E-state index in [1.807, 2.05) is 7.05 Å². The molecule has 102 valence electrons. The van der Waals surface area contributed by atoms with Gasteiger partial charge in [-0.25, -0.2) is 0 Å². The van der Waals surface area contributed by atoms with E-state index in [9.17, 15) is 0 Å². The molecule has 4 nitrogen and oxygen atoms in total. The maximum atomic E-state index is 5.87. The van der Waals surface area contributed by atoms with E-state index < -0.39 is 0 Å². The van der Waals surface area contributed by atoms with Crippen molar-refractivity contribution in [3.8, 4) is 0 Å². The van der Waals surface area contributed by atoms with Gasteiger partial charge in [0.1, 0.15) is 0 Å². The fourth-order valence-corrected chi connectivity index (χ4v) is 1.49. The number of ether oxygens (including phenoxy) is 1. The zero-order chi connectivity index (χ0) is 12.0. The summed E-state index contributed by atoms with van der Waals surface area (Å²) in [5.74, 6) is 0.687. The van der Waals surface area contributed by atoms with Gasteiger partial charge in [-0.2, -0.15) is 0 Å². The largest absolute Gasteiger partial charge is 0.379 e. The monoisotopic (exact) mass is 355 g/mol. The van der Waals surface area contributed by atoms with Crippen molar-refractivity contribution < 1.29 is 4.74 Å². The smallest absolute Gasteiger partial charge is 0.191 e. The van der Waals surface area contributed by atoms with Gasteiger partial charge in [-0.15, -0.1) is 24.0 Å². The predicted octanol–water partition coefficient (Wildman–Crippen LogP) is 2.22. The summed E-state index contributed by atoms with van der Waals surface area (Å²) in [5, 5.41) is 0. The Labute approximate surface area is 122 Å². The molecule has 0 bridgehead atoms. The van der Waals surface area contributed by atoms with Crippen LogP contribution in [0.15, 0.2) is 4.99 Å². The molecule has 0 aliphatic heterocycles. The van der Waals surface area contributed by atoms with Gasteiger partial charge in [0, 0.05) is 26.2 Å². The van der Waals surface area contributed by atoms with Crippen LogP contribution in [0.2, 0.25) is 0 Å². The maximum absolute atomic E-state index is 5.87. The lowest BCUT2D eigenvalue weighted by atomic mass is 10.3. The van der Waals surface area contributed by atoms with Crippen LogP contribution in [0.1, 0.15) is 39.5 Å². The molecule has 0 aromatic rings. The van der Waals surface area contributed by atoms with E-state index in [1.165, 1.54) is 12.8 Å². The molecule has 1 fully saturated rings. The van der Waals surface area contributed by atoms with E-state index in [1.54, 1.807) is 0 Å². The molecule has 1 aliphatic carbocycles. The van der Waals surface area contributed by atoms with E-state index >= 15 is 0 Å². The lowest BCUT2D eigenvalue weighted by Crippen LogP contribution is -2.35. The minimum atomic E-state index is 0. The lowest BCUT2D eigenvalue weighted by Gasteiger charge is -2.16. The first-order valence-electron chi connectivity index (χ1n) is 6.25. The third-order valence-corrected chi connectivity index (χ3v) is 2.73. The average Bonchev–Trinajstić information content (AvgIpc) is 3.05. The highest BCUT2D eigenvalue weighted by Gasteiger charge is 2.27. The first-order valence-corrected chi connectivity index (χ1v) is 6.25. The zero-order valence-corrected chi connectivity index (χ0v) is 13.5. The molecule has 1 saturated carbocycles. The highest BCUT2D eigenvalue weighted by Crippen LogP contribution is 2.24. The fraction of sp³-hybridized carbons (Fsp3) is 0.917. The minimum Gasteiger partial charge on any atom is -0.379 e. The van der Waals surface area contributed by atoms with Crippen LogP contribution in [0.4, 0.5) is 0 Å². The van der Waals surface area contributed by atoms with Crippen molar-refractivity contribution in [3.63, 3.8) is 0 Å². The van der Waals surface area contributed by atoms with E-state index in [0.29, 0.717) is 18.1 Å². The van der Waals surface area contributed by atoms with Gasteiger partial charge in [0.25, 0.3) is 0 Å². The highest BCUT2D eigenvalue weighted by molar-refractivity contribution is 14.0. The number of hydrogen-bond acceptors (Lipinski definition) is 2. The molecule has 17 heavy (non-hydrogen) atoms. The Bertz CT molecular complexity index is 230. The second-order valence-corrected chi connectivity index (χ2v) is 4.71. The normalized spacial score (nSPS) is 15.9. The molecule has 0 amide bonds. The molecule has 0 unspecified atom stereocenters. The molecule has 0 heterocycles. The van der Waals surface area contributed by atoms with Gasteiger partial charge in [-0.05, 0) is 39.5 Å². The first kappa shape index (κ1) is 17.0. The van der Waals surface area contributed by atoms with Crippen LogP contribution in [-0.4, -0.2) is 43.2 Å². The van der Waals surface area contributed by atoms with Gasteiger partial charge in [0.05, 0.1) is 6.10 Å². The van der Waals surface area contributed by atoms with Crippen molar-refractivity contribution in [1.82, 2.24) is 4.90 Å². The third kappa shape index (κ3) is 7.81. The molecule has 5 heteroatoms. The van der Waals surface area contributed by atoms with Gasteiger partial charge in [-0.3, -0.25) is 4.99 Å². The Morgan fingerprint density at radius 2 is 2.06 bits per heavy atom. The van der Waals surface area contributed by atoms with Crippen LogP contribution in [0.3, 0.4) is 0 Å². The molecule has 1 rings (SSSR count). The Morgan fingerprint density at radius 3 is 2.59 bits per heavy atom. The Kier molecular flexibility index (Phi) is 8.94. The number of guanidine groups is 1. The van der Waals surface area contributed by atoms with E-state index in [-0.39, 0.29) is 24.0 Å². The molecular weight excluding hydrogens is 329 g/mol. The molecule has 1 aliphatic rings. The molecule has 0 aromatic heterocycles. The SMILES string of the molecule is CC(C)OCCCCN=C(N)N(C)C1CC1.I. The van der Waals surface area contributed by atoms with Crippen molar-refractivity contribution in [3.05, 3.63) is 0 Å². The number of nitrogens with zero attached hydrogens (tertiary/aromatic N) is 2. The first-order chi connectivity index (χ1) is 7.61. The summed E-state index contributed by atoms with van der Waals surface area (Å²) in [6, 6.07) is 0.646. The molecule has 2 N–H and O–H groups in total. The molecular formula is C12H26IN3O. The Morgan fingerprint density at radius 1 is 1.41 bits per heavy atom. The molecule has 0 saturated heterocycles. The second-order valence-electron chi connectivity index (χ2n) is 4.71. The van der Waals surface area contributed by atoms with Crippen LogP contribution in [0.5, 0.6) is 0 Å². The summed E-state index contributed by atoms with van der Waals surface area (Å²) in [5.41, 5.74) is 5.87. The number of rotatable bonds is 7. The quantitative estimate of drug-likeness (QED) is 0.330. The fourth-order valence-electron chi connectivity index (χ4n) is 1.49. The van der Waals surface area contributed by atoms with Crippen molar-refractivity contribution in [2.24, 2.45) is 10.7 Å². The zero-order valence-electron chi connectivity index (χ0n) is 11.2. The third-order valence-electron chi connectivity index (χ3n) is 2.73. The van der Waals surface area contributed by atoms with Crippen molar-refractivity contribution in [2.75, 3.05) is 20.2 Å². The van der Waals surface area contributed by atoms with E-state index in [4.69, 9.17) is 10.5 Å². The van der Waals surface area contributed by atoms with Gasteiger partial charge >= 0.3 is 0 Å². The molecule has 0 atom stereocenters. The predicted molar refractivity (Wildman–Crippen MR) is 83.0 cm³/mol. The van der Waals surface area contributed by atoms with Crippen molar-refractivity contribution in [2.45, 2.75) is 51.7 Å². The van der Waals surface area contributed by atoms with Gasteiger partial charge in [-0.1, -0.05) is 0 Å². The molecule has 0 radical (unpaired) electrons. The summed E-state index contributed by atoms with van der Waals surface area (Å²) in [4.78, 5) is 6.45. The van der Waals surface area contributed by atoms with Crippen molar-refractivity contribution in [1.29, 1.82) is 0 Å². The number of nitrogens with two attached hydrogens (primary N) is 1. The average molecular weight is 355 g/mol. The highest BCUT2D eigenvalue weighted by atomic mass is 127. The molecule has 0 aromatic carbocycles. The number of hydrogen-bond donors (Lipinski definition) is 1. The van der Waals surface area contributed by atoms with Crippen LogP contribution >= 0.6 is 24.0 Å². The topological polar surface area (TPSA) is 50.9 Å². The van der Waals surface area contributed by atoms with Crippen LogP contribution in [0, 0.1) is 0 Å². The Balaban J connectivity index is 0.00000256. The number of unbranched alkanes of at least 4 members (excludes halogenated alkanes) is 1. The standard InChI is InChI=1S/C12H25N3O.HI/c1-10(2)16-9-5-4-8-14-12(13)15(3)11-6-7-11;/h10-11H,4-9H2,1-3H3,(H2,13,14);1H. The second kappa shape index (κ2) is 8.97. The van der Waals surface area contributed by atoms with Gasteiger partial charge < -0.3 is 15.4 Å². The summed E-state index contributed by atoms with van der Waals surface area (Å²) in [7, 11) is 2.03. The van der Waals surface area contributed by atoms with E-state index in [0.717, 1.165) is 26.0 Å². The lowest BCUT2D eigenvalue weighted by molar-refractivity contribution is 0.0763. The number of halogens is 1. The summed E-state index contributed by atoms with van der Waals surface area (Å²) < 4.78 is 5.45. The molecule has 0 spiro atoms. The number of aliphatic imine (C=N–C) groups is 1.